The van der Waals surface area contributed by atoms with Crippen LogP contribution in [0.15, 0.2) is 12.3 Å². The zero-order valence-electron chi connectivity index (χ0n) is 16.3. The van der Waals surface area contributed by atoms with Gasteiger partial charge in [0.05, 0.1) is 38.5 Å². The predicted molar refractivity (Wildman–Crippen MR) is 114 cm³/mol. The van der Waals surface area contributed by atoms with Crippen molar-refractivity contribution < 1.29 is 17.7 Å². The van der Waals surface area contributed by atoms with Crippen LogP contribution in [0.1, 0.15) is 39.3 Å². The van der Waals surface area contributed by atoms with Crippen LogP contribution < -0.4 is 9.62 Å². The van der Waals surface area contributed by atoms with Gasteiger partial charge in [0, 0.05) is 24.7 Å². The Morgan fingerprint density at radius 2 is 1.96 bits per heavy atom. The lowest BCUT2D eigenvalue weighted by atomic mass is 10.1. The average molecular weight is 453 g/mol. The lowest BCUT2D eigenvalue weighted by Gasteiger charge is -2.42. The number of anilines is 1. The van der Waals surface area contributed by atoms with Gasteiger partial charge in [-0.2, -0.15) is 15.7 Å². The van der Waals surface area contributed by atoms with E-state index in [1.165, 1.54) is 4.52 Å². The van der Waals surface area contributed by atoms with Crippen molar-refractivity contribution in [2.24, 2.45) is 0 Å². The van der Waals surface area contributed by atoms with Crippen molar-refractivity contribution in [3.8, 4) is 0 Å². The van der Waals surface area contributed by atoms with E-state index in [9.17, 15) is 17.7 Å². The molecule has 1 aliphatic rings. The molecular weight excluding hydrogens is 427 g/mol. The Morgan fingerprint density at radius 1 is 1.36 bits per heavy atom. The molecule has 28 heavy (non-hydrogen) atoms. The van der Waals surface area contributed by atoms with E-state index in [0.29, 0.717) is 18.9 Å². The van der Waals surface area contributed by atoms with E-state index < -0.39 is 32.1 Å². The molecule has 158 valence electrons. The Kier molecular flexibility index (Phi) is 6.02. The number of halogens is 2. The third-order valence-electron chi connectivity index (χ3n) is 4.67. The largest absolute Gasteiger partial charge is 0.353 e. The molecule has 0 saturated carbocycles. The highest BCUT2D eigenvalue weighted by atomic mass is 35.5. The quantitative estimate of drug-likeness (QED) is 0.656. The van der Waals surface area contributed by atoms with E-state index in [4.69, 9.17) is 11.6 Å². The summed E-state index contributed by atoms with van der Waals surface area (Å²) in [4.78, 5) is 1.95. The minimum atomic E-state index is -2.59. The topological polar surface area (TPSA) is 90.1 Å². The second-order valence-corrected chi connectivity index (χ2v) is 12.8. The van der Waals surface area contributed by atoms with Crippen molar-refractivity contribution in [3.63, 3.8) is 0 Å². The molecule has 3 N–H and O–H groups in total. The van der Waals surface area contributed by atoms with Crippen molar-refractivity contribution in [2.75, 3.05) is 29.5 Å². The number of fused-ring (bicyclic) bond motifs is 1. The normalized spacial score (nSPS) is 20.9. The van der Waals surface area contributed by atoms with E-state index in [0.717, 1.165) is 11.8 Å². The van der Waals surface area contributed by atoms with Gasteiger partial charge >= 0.3 is 0 Å². The van der Waals surface area contributed by atoms with Crippen LogP contribution in [0.25, 0.3) is 5.52 Å². The minimum Gasteiger partial charge on any atom is -0.353 e. The molecule has 1 unspecified atom stereocenters. The van der Waals surface area contributed by atoms with E-state index in [2.05, 4.69) is 9.82 Å². The second kappa shape index (κ2) is 7.73. The maximum absolute atomic E-state index is 14.3. The highest BCUT2D eigenvalue weighted by Crippen LogP contribution is 2.43. The SMILES string of the molecule is C[C@H](NS(=O)C(C)(C)C)c1cc(Cl)c2c(F)cnn2c1N1CCS(O)(O)CC1. The predicted octanol–water partition coefficient (Wildman–Crippen LogP) is 3.81. The summed E-state index contributed by atoms with van der Waals surface area (Å²) in [5, 5.41) is 4.37. The molecule has 0 radical (unpaired) electrons. The Bertz CT molecular complexity index is 906. The van der Waals surface area contributed by atoms with Gasteiger partial charge in [-0.25, -0.2) is 17.8 Å². The molecular formula is C17H26ClFN4O3S2. The van der Waals surface area contributed by atoms with E-state index in [-0.39, 0.29) is 28.1 Å². The summed E-state index contributed by atoms with van der Waals surface area (Å²) in [6, 6.07) is 1.31. The first-order chi connectivity index (χ1) is 12.9. The van der Waals surface area contributed by atoms with Gasteiger partial charge in [0.15, 0.2) is 5.82 Å². The standard InChI is InChI=1S/C17H26ClFN4O3S2/c1-11(21-27(24)17(2,3)4)12-9-13(18)15-14(19)10-20-23(15)16(12)22-5-7-28(25,26)8-6-22/h9-11,21,25-26H,5-8H2,1-4H3/t11-,27?/m0/s1. The van der Waals surface area contributed by atoms with Gasteiger partial charge in [-0.1, -0.05) is 11.6 Å². The van der Waals surface area contributed by atoms with Crippen LogP contribution in [0, 0.1) is 5.82 Å². The Labute approximate surface area is 173 Å². The van der Waals surface area contributed by atoms with Crippen molar-refractivity contribution >= 4 is 44.5 Å². The fourth-order valence-corrected chi connectivity index (χ4v) is 5.39. The van der Waals surface area contributed by atoms with Crippen LogP contribution in [0.4, 0.5) is 10.2 Å². The monoisotopic (exact) mass is 452 g/mol. The number of nitrogens with one attached hydrogen (secondary N) is 1. The van der Waals surface area contributed by atoms with Gasteiger partial charge in [-0.3, -0.25) is 9.11 Å². The lowest BCUT2D eigenvalue weighted by molar-refractivity contribution is 0.478. The molecule has 1 saturated heterocycles. The fourth-order valence-electron chi connectivity index (χ4n) is 3.07. The molecule has 2 atom stereocenters. The molecule has 1 aliphatic heterocycles. The average Bonchev–Trinajstić information content (AvgIpc) is 2.97. The number of hydrogen-bond acceptors (Lipinski definition) is 5. The lowest BCUT2D eigenvalue weighted by Crippen LogP contribution is -2.41. The molecule has 0 spiro atoms. The van der Waals surface area contributed by atoms with Crippen LogP contribution in [0.3, 0.4) is 0 Å². The van der Waals surface area contributed by atoms with E-state index >= 15 is 0 Å². The van der Waals surface area contributed by atoms with Crippen molar-refractivity contribution in [1.29, 1.82) is 0 Å². The van der Waals surface area contributed by atoms with E-state index in [1.54, 1.807) is 6.07 Å². The minimum absolute atomic E-state index is 0.168. The molecule has 0 bridgehead atoms. The van der Waals surface area contributed by atoms with Crippen molar-refractivity contribution in [3.05, 3.63) is 28.7 Å². The number of nitrogens with zero attached hydrogens (tertiary/aromatic N) is 3. The Morgan fingerprint density at radius 3 is 2.54 bits per heavy atom. The van der Waals surface area contributed by atoms with Crippen molar-refractivity contribution in [1.82, 2.24) is 14.3 Å². The molecule has 2 aromatic heterocycles. The maximum atomic E-state index is 14.3. The number of hydrogen-bond donors (Lipinski definition) is 3. The van der Waals surface area contributed by atoms with Gasteiger partial charge in [0.25, 0.3) is 0 Å². The zero-order valence-corrected chi connectivity index (χ0v) is 18.7. The summed E-state index contributed by atoms with van der Waals surface area (Å²) in [7, 11) is -3.91. The Hall–Kier alpha value is -0.910. The second-order valence-electron chi connectivity index (χ2n) is 7.94. The summed E-state index contributed by atoms with van der Waals surface area (Å²) in [6.07, 6.45) is 1.11. The summed E-state index contributed by atoms with van der Waals surface area (Å²) >= 11 is 6.34. The van der Waals surface area contributed by atoms with Crippen molar-refractivity contribution in [2.45, 2.75) is 38.5 Å². The van der Waals surface area contributed by atoms with E-state index in [1.807, 2.05) is 32.6 Å². The zero-order chi connectivity index (χ0) is 20.9. The molecule has 7 nitrogen and oxygen atoms in total. The van der Waals surface area contributed by atoms with Gasteiger partial charge in [0.2, 0.25) is 0 Å². The highest BCUT2D eigenvalue weighted by molar-refractivity contribution is 8.24. The van der Waals surface area contributed by atoms with Crippen LogP contribution in [-0.4, -0.2) is 52.3 Å². The first kappa shape index (κ1) is 21.8. The van der Waals surface area contributed by atoms with Gasteiger partial charge < -0.3 is 4.90 Å². The number of pyridine rings is 1. The first-order valence-corrected chi connectivity index (χ1v) is 12.3. The first-order valence-electron chi connectivity index (χ1n) is 8.93. The molecule has 2 aromatic rings. The smallest absolute Gasteiger partial charge is 0.170 e. The van der Waals surface area contributed by atoms with Crippen LogP contribution in [0.2, 0.25) is 5.02 Å². The van der Waals surface area contributed by atoms with Gasteiger partial charge in [0.1, 0.15) is 11.3 Å². The van der Waals surface area contributed by atoms with Gasteiger partial charge in [-0.05, 0) is 33.8 Å². The summed E-state index contributed by atoms with van der Waals surface area (Å²) in [5.74, 6) is 0.550. The fraction of sp³-hybridized carbons (Fsp3) is 0.588. The summed E-state index contributed by atoms with van der Waals surface area (Å²) in [6.45, 7) is 8.27. The van der Waals surface area contributed by atoms with Crippen LogP contribution >= 0.6 is 22.2 Å². The van der Waals surface area contributed by atoms with Crippen LogP contribution in [0.5, 0.6) is 0 Å². The maximum Gasteiger partial charge on any atom is 0.170 e. The third-order valence-corrected chi connectivity index (χ3v) is 8.32. The third kappa shape index (κ3) is 4.31. The molecule has 3 heterocycles. The summed E-state index contributed by atoms with van der Waals surface area (Å²) in [5.41, 5.74) is 0.887. The molecule has 1 fully saturated rings. The highest BCUT2D eigenvalue weighted by Gasteiger charge is 2.30. The Balaban J connectivity index is 2.07. The summed E-state index contributed by atoms with van der Waals surface area (Å²) < 4.78 is 50.8. The number of rotatable bonds is 4. The molecule has 0 aromatic carbocycles. The molecule has 11 heteroatoms. The molecule has 3 rings (SSSR count). The molecule has 0 aliphatic carbocycles. The number of aromatic nitrogens is 2. The van der Waals surface area contributed by atoms with Gasteiger partial charge in [-0.15, -0.1) is 0 Å². The van der Waals surface area contributed by atoms with Crippen LogP contribution in [-0.2, 0) is 11.0 Å². The molecule has 0 amide bonds.